The summed E-state index contributed by atoms with van der Waals surface area (Å²) in [4.78, 5) is 17.9. The Bertz CT molecular complexity index is 907. The molecular weight excluding hydrogens is 370 g/mol. The van der Waals surface area contributed by atoms with Gasteiger partial charge in [-0.1, -0.05) is 48.2 Å². The summed E-state index contributed by atoms with van der Waals surface area (Å²) in [6, 6.07) is 19.3. The average molecular weight is 386 g/mol. The smallest absolute Gasteiger partial charge is 0.387 e. The number of para-hydroxylation sites is 1. The highest BCUT2D eigenvalue weighted by Crippen LogP contribution is 2.28. The molecule has 0 saturated carbocycles. The van der Waals surface area contributed by atoms with Crippen LogP contribution in [0.1, 0.15) is 15.9 Å². The van der Waals surface area contributed by atoms with Gasteiger partial charge in [-0.2, -0.15) is 8.78 Å². The van der Waals surface area contributed by atoms with E-state index < -0.39 is 6.61 Å². The molecule has 0 bridgehead atoms. The highest BCUT2D eigenvalue weighted by Gasteiger charge is 2.15. The van der Waals surface area contributed by atoms with Gasteiger partial charge in [0.1, 0.15) is 10.8 Å². The van der Waals surface area contributed by atoms with Crippen molar-refractivity contribution in [3.8, 4) is 5.75 Å². The zero-order valence-electron chi connectivity index (χ0n) is 14.1. The fraction of sp³-hybridized carbons (Fsp3) is 0.100. The summed E-state index contributed by atoms with van der Waals surface area (Å²) in [5, 5.41) is 3.31. The molecule has 0 spiro atoms. The Balaban J connectivity index is 1.72. The van der Waals surface area contributed by atoms with Crippen molar-refractivity contribution in [2.45, 2.75) is 23.1 Å². The molecule has 0 aliphatic heterocycles. The summed E-state index contributed by atoms with van der Waals surface area (Å²) in [6.07, 6.45) is 1.62. The van der Waals surface area contributed by atoms with Gasteiger partial charge in [-0.15, -0.1) is 0 Å². The van der Waals surface area contributed by atoms with E-state index in [4.69, 9.17) is 0 Å². The summed E-state index contributed by atoms with van der Waals surface area (Å²) in [5.41, 5.74) is 0.880. The number of alkyl halides is 2. The number of halogens is 2. The summed E-state index contributed by atoms with van der Waals surface area (Å²) in [6.45, 7) is -2.86. The maximum absolute atomic E-state index is 12.6. The molecule has 7 heteroatoms. The molecule has 4 nitrogen and oxygen atoms in total. The molecule has 27 heavy (non-hydrogen) atoms. The molecule has 0 saturated heterocycles. The minimum Gasteiger partial charge on any atom is -0.434 e. The molecule has 1 aromatic heterocycles. The first-order valence-electron chi connectivity index (χ1n) is 8.12. The Morgan fingerprint density at radius 2 is 1.78 bits per heavy atom. The number of nitrogens with zero attached hydrogens (tertiary/aromatic N) is 1. The summed E-state index contributed by atoms with van der Waals surface area (Å²) >= 11 is 1.38. The van der Waals surface area contributed by atoms with Crippen LogP contribution in [0.3, 0.4) is 0 Å². The maximum atomic E-state index is 12.6. The molecule has 0 aliphatic carbocycles. The first-order chi connectivity index (χ1) is 13.1. The van der Waals surface area contributed by atoms with E-state index in [9.17, 15) is 13.6 Å². The lowest BCUT2D eigenvalue weighted by atomic mass is 10.2. The van der Waals surface area contributed by atoms with Crippen molar-refractivity contribution in [1.29, 1.82) is 0 Å². The van der Waals surface area contributed by atoms with Crippen molar-refractivity contribution in [2.75, 3.05) is 0 Å². The number of hydrogen-bond acceptors (Lipinski definition) is 4. The van der Waals surface area contributed by atoms with E-state index in [2.05, 4.69) is 15.0 Å². The van der Waals surface area contributed by atoms with Crippen molar-refractivity contribution < 1.29 is 18.3 Å². The number of aromatic nitrogens is 1. The van der Waals surface area contributed by atoms with Crippen LogP contribution in [0.15, 0.2) is 82.8 Å². The van der Waals surface area contributed by atoms with Crippen molar-refractivity contribution >= 4 is 17.7 Å². The Labute approximate surface area is 159 Å². The number of benzene rings is 2. The van der Waals surface area contributed by atoms with Crippen LogP contribution in [-0.2, 0) is 6.54 Å². The van der Waals surface area contributed by atoms with Gasteiger partial charge in [0, 0.05) is 23.2 Å². The third-order valence-corrected chi connectivity index (χ3v) is 4.63. The number of amides is 1. The van der Waals surface area contributed by atoms with Crippen LogP contribution in [0, 0.1) is 0 Å². The van der Waals surface area contributed by atoms with Gasteiger partial charge >= 0.3 is 6.61 Å². The lowest BCUT2D eigenvalue weighted by Gasteiger charge is -2.12. The standard InChI is InChI=1S/C20H16F2N2O2S/c21-20(22)26-17-11-5-4-7-14(17)13-24-18(25)16-10-6-12-23-19(16)27-15-8-2-1-3-9-15/h1-12,20H,13H2,(H,24,25). The molecule has 0 aliphatic rings. The number of rotatable bonds is 7. The van der Waals surface area contributed by atoms with Gasteiger partial charge in [0.05, 0.1) is 5.56 Å². The van der Waals surface area contributed by atoms with Gasteiger partial charge in [0.2, 0.25) is 0 Å². The van der Waals surface area contributed by atoms with E-state index in [1.807, 2.05) is 30.3 Å². The van der Waals surface area contributed by atoms with E-state index in [1.54, 1.807) is 36.5 Å². The summed E-state index contributed by atoms with van der Waals surface area (Å²) < 4.78 is 29.5. The van der Waals surface area contributed by atoms with E-state index >= 15 is 0 Å². The van der Waals surface area contributed by atoms with E-state index in [1.165, 1.54) is 17.8 Å². The molecule has 2 aromatic carbocycles. The Morgan fingerprint density at radius 1 is 1.04 bits per heavy atom. The molecule has 0 radical (unpaired) electrons. The van der Waals surface area contributed by atoms with Crippen molar-refractivity contribution in [3.63, 3.8) is 0 Å². The molecule has 0 fully saturated rings. The van der Waals surface area contributed by atoms with Gasteiger partial charge in [-0.3, -0.25) is 4.79 Å². The van der Waals surface area contributed by atoms with Gasteiger partial charge in [0.15, 0.2) is 0 Å². The molecule has 3 rings (SSSR count). The number of carbonyl (C=O) groups excluding carboxylic acids is 1. The van der Waals surface area contributed by atoms with Crippen molar-refractivity contribution in [1.82, 2.24) is 10.3 Å². The second-order valence-corrected chi connectivity index (χ2v) is 6.50. The zero-order chi connectivity index (χ0) is 19.1. The normalized spacial score (nSPS) is 10.6. The molecule has 3 aromatic rings. The average Bonchev–Trinajstić information content (AvgIpc) is 2.68. The van der Waals surface area contributed by atoms with E-state index in [0.29, 0.717) is 16.2 Å². The lowest BCUT2D eigenvalue weighted by molar-refractivity contribution is -0.0504. The summed E-state index contributed by atoms with van der Waals surface area (Å²) in [5.74, 6) is -0.300. The second-order valence-electron chi connectivity index (χ2n) is 5.44. The van der Waals surface area contributed by atoms with Gasteiger partial charge in [-0.05, 0) is 30.3 Å². The molecule has 1 heterocycles. The third kappa shape index (κ3) is 5.27. The van der Waals surface area contributed by atoms with Crippen LogP contribution < -0.4 is 10.1 Å². The SMILES string of the molecule is O=C(NCc1ccccc1OC(F)F)c1cccnc1Sc1ccccc1. The Morgan fingerprint density at radius 3 is 2.56 bits per heavy atom. The minimum absolute atomic E-state index is 0.0397. The van der Waals surface area contributed by atoms with Crippen LogP contribution in [0.5, 0.6) is 5.75 Å². The Hall–Kier alpha value is -2.93. The third-order valence-electron chi connectivity index (χ3n) is 3.60. The minimum atomic E-state index is -2.92. The molecular formula is C20H16F2N2O2S. The van der Waals surface area contributed by atoms with Crippen LogP contribution in [0.4, 0.5) is 8.78 Å². The van der Waals surface area contributed by atoms with Crippen molar-refractivity contribution in [3.05, 3.63) is 84.1 Å². The number of pyridine rings is 1. The van der Waals surface area contributed by atoms with Gasteiger partial charge in [-0.25, -0.2) is 4.98 Å². The topological polar surface area (TPSA) is 51.2 Å². The first-order valence-corrected chi connectivity index (χ1v) is 8.94. The first kappa shape index (κ1) is 18.8. The molecule has 1 N–H and O–H groups in total. The monoisotopic (exact) mass is 386 g/mol. The molecule has 1 amide bonds. The summed E-state index contributed by atoms with van der Waals surface area (Å²) in [7, 11) is 0. The van der Waals surface area contributed by atoms with Crippen LogP contribution >= 0.6 is 11.8 Å². The quantitative estimate of drug-likeness (QED) is 0.636. The van der Waals surface area contributed by atoms with Gasteiger partial charge in [0.25, 0.3) is 5.91 Å². The van der Waals surface area contributed by atoms with Crippen LogP contribution in [0.2, 0.25) is 0 Å². The largest absolute Gasteiger partial charge is 0.434 e. The number of ether oxygens (including phenoxy) is 1. The molecule has 0 unspecified atom stereocenters. The molecule has 0 atom stereocenters. The fourth-order valence-corrected chi connectivity index (χ4v) is 3.28. The van der Waals surface area contributed by atoms with Crippen molar-refractivity contribution in [2.24, 2.45) is 0 Å². The highest BCUT2D eigenvalue weighted by atomic mass is 32.2. The number of hydrogen-bond donors (Lipinski definition) is 1. The number of nitrogens with one attached hydrogen (secondary N) is 1. The highest BCUT2D eigenvalue weighted by molar-refractivity contribution is 7.99. The predicted octanol–water partition coefficient (Wildman–Crippen LogP) is 4.76. The second kappa shape index (κ2) is 9.14. The van der Waals surface area contributed by atoms with E-state index in [0.717, 1.165) is 4.90 Å². The number of carbonyl (C=O) groups is 1. The van der Waals surface area contributed by atoms with E-state index in [-0.39, 0.29) is 18.2 Å². The van der Waals surface area contributed by atoms with Gasteiger partial charge < -0.3 is 10.1 Å². The maximum Gasteiger partial charge on any atom is 0.387 e. The van der Waals surface area contributed by atoms with Crippen LogP contribution in [-0.4, -0.2) is 17.5 Å². The fourth-order valence-electron chi connectivity index (χ4n) is 2.38. The Kier molecular flexibility index (Phi) is 6.38. The lowest BCUT2D eigenvalue weighted by Crippen LogP contribution is -2.24. The molecule has 138 valence electrons. The van der Waals surface area contributed by atoms with Crippen LogP contribution in [0.25, 0.3) is 0 Å². The zero-order valence-corrected chi connectivity index (χ0v) is 15.0. The predicted molar refractivity (Wildman–Crippen MR) is 99.0 cm³/mol.